The van der Waals surface area contributed by atoms with E-state index in [0.29, 0.717) is 6.42 Å². The summed E-state index contributed by atoms with van der Waals surface area (Å²) in [5, 5.41) is 11.4. The molecule has 1 aromatic rings. The van der Waals surface area contributed by atoms with Gasteiger partial charge >= 0.3 is 12.1 Å². The van der Waals surface area contributed by atoms with Crippen LogP contribution in [-0.2, 0) is 16.0 Å². The maximum absolute atomic E-state index is 11.8. The minimum absolute atomic E-state index is 0.397. The Labute approximate surface area is 131 Å². The van der Waals surface area contributed by atoms with Gasteiger partial charge in [0.25, 0.3) is 0 Å². The molecule has 0 heterocycles. The molecule has 0 fully saturated rings. The zero-order valence-electron chi connectivity index (χ0n) is 13.2. The maximum Gasteiger partial charge on any atom is 0.408 e. The molecule has 0 radical (unpaired) electrons. The summed E-state index contributed by atoms with van der Waals surface area (Å²) in [5.74, 6) is -1.05. The van der Waals surface area contributed by atoms with Gasteiger partial charge in [0.05, 0.1) is 6.04 Å². The van der Waals surface area contributed by atoms with Crippen LogP contribution >= 0.6 is 0 Å². The van der Waals surface area contributed by atoms with Crippen LogP contribution < -0.4 is 5.32 Å². The first-order chi connectivity index (χ1) is 10.3. The van der Waals surface area contributed by atoms with E-state index in [9.17, 15) is 9.59 Å². The lowest BCUT2D eigenvalue weighted by atomic mass is 10.0. The molecule has 0 bridgehead atoms. The molecule has 2 N–H and O–H groups in total. The fourth-order valence-corrected chi connectivity index (χ4v) is 1.84. The van der Waals surface area contributed by atoms with E-state index < -0.39 is 23.7 Å². The Balaban J connectivity index is 2.63. The van der Waals surface area contributed by atoms with Gasteiger partial charge in [-0.25, -0.2) is 9.59 Å². The number of rotatable bonds is 6. The van der Waals surface area contributed by atoms with Gasteiger partial charge in [0.1, 0.15) is 5.60 Å². The van der Waals surface area contributed by atoms with Crippen LogP contribution in [0.3, 0.4) is 0 Å². The Hall–Kier alpha value is -2.30. The van der Waals surface area contributed by atoms with Crippen molar-refractivity contribution in [3.8, 4) is 0 Å². The van der Waals surface area contributed by atoms with Gasteiger partial charge in [-0.1, -0.05) is 36.4 Å². The van der Waals surface area contributed by atoms with E-state index in [1.807, 2.05) is 30.3 Å². The van der Waals surface area contributed by atoms with Crippen LogP contribution in [0.1, 0.15) is 32.8 Å². The number of nitrogens with one attached hydrogen (secondary N) is 1. The third-order valence-corrected chi connectivity index (χ3v) is 2.76. The summed E-state index contributed by atoms with van der Waals surface area (Å²) in [6.07, 6.45) is 3.26. The Morgan fingerprint density at radius 2 is 1.91 bits per heavy atom. The number of aryl methyl sites for hydroxylation is 1. The number of benzene rings is 1. The predicted octanol–water partition coefficient (Wildman–Crippen LogP) is 3.15. The second kappa shape index (κ2) is 8.22. The van der Waals surface area contributed by atoms with E-state index in [-0.39, 0.29) is 0 Å². The summed E-state index contributed by atoms with van der Waals surface area (Å²) in [6.45, 7) is 5.33. The molecule has 0 aromatic heterocycles. The summed E-state index contributed by atoms with van der Waals surface area (Å²) in [5.41, 5.74) is 0.534. The molecule has 0 saturated heterocycles. The second-order valence-electron chi connectivity index (χ2n) is 5.97. The molecule has 22 heavy (non-hydrogen) atoms. The van der Waals surface area contributed by atoms with Crippen molar-refractivity contribution in [2.24, 2.45) is 0 Å². The molecule has 1 rings (SSSR count). The quantitative estimate of drug-likeness (QED) is 0.792. The summed E-state index contributed by atoms with van der Waals surface area (Å²) >= 11 is 0. The van der Waals surface area contributed by atoms with Gasteiger partial charge in [0.15, 0.2) is 0 Å². The lowest BCUT2D eigenvalue weighted by molar-refractivity contribution is -0.131. The minimum atomic E-state index is -1.05. The fraction of sp³-hybridized carbons (Fsp3) is 0.412. The third kappa shape index (κ3) is 8.09. The summed E-state index contributed by atoms with van der Waals surface area (Å²) in [6, 6.07) is 9.41. The van der Waals surface area contributed by atoms with Gasteiger partial charge < -0.3 is 15.2 Å². The van der Waals surface area contributed by atoms with Gasteiger partial charge in [-0.2, -0.15) is 0 Å². The molecule has 0 unspecified atom stereocenters. The molecule has 0 spiro atoms. The van der Waals surface area contributed by atoms with Crippen LogP contribution in [0.2, 0.25) is 0 Å². The SMILES string of the molecule is CC(C)(C)OC(=O)N[C@H](C=CC(=O)O)CCc1ccccc1. The summed E-state index contributed by atoms with van der Waals surface area (Å²) < 4.78 is 5.20. The van der Waals surface area contributed by atoms with E-state index in [1.165, 1.54) is 6.08 Å². The molecule has 5 heteroatoms. The first kappa shape index (κ1) is 17.8. The number of ether oxygens (including phenoxy) is 1. The van der Waals surface area contributed by atoms with Crippen molar-refractivity contribution < 1.29 is 19.4 Å². The molecule has 0 aliphatic rings. The predicted molar refractivity (Wildman–Crippen MR) is 84.7 cm³/mol. The van der Waals surface area contributed by atoms with Crippen molar-refractivity contribution in [1.82, 2.24) is 5.32 Å². The summed E-state index contributed by atoms with van der Waals surface area (Å²) in [4.78, 5) is 22.5. The van der Waals surface area contributed by atoms with Crippen molar-refractivity contribution in [3.63, 3.8) is 0 Å². The van der Waals surface area contributed by atoms with Crippen LogP contribution in [0, 0.1) is 0 Å². The minimum Gasteiger partial charge on any atom is -0.478 e. The Morgan fingerprint density at radius 1 is 1.27 bits per heavy atom. The van der Waals surface area contributed by atoms with Crippen LogP contribution in [0.15, 0.2) is 42.5 Å². The van der Waals surface area contributed by atoms with Crippen molar-refractivity contribution in [2.45, 2.75) is 45.3 Å². The van der Waals surface area contributed by atoms with Gasteiger partial charge in [-0.3, -0.25) is 0 Å². The van der Waals surface area contributed by atoms with Gasteiger partial charge in [0, 0.05) is 6.08 Å². The standard InChI is InChI=1S/C17H23NO4/c1-17(2,3)22-16(21)18-14(11-12-15(19)20)10-9-13-7-5-4-6-8-13/h4-8,11-12,14H,9-10H2,1-3H3,(H,18,21)(H,19,20)/t14-/m0/s1. The lowest BCUT2D eigenvalue weighted by Gasteiger charge is -2.22. The number of carboxylic acid groups (broad SMARTS) is 1. The smallest absolute Gasteiger partial charge is 0.408 e. The second-order valence-corrected chi connectivity index (χ2v) is 5.97. The zero-order chi connectivity index (χ0) is 16.6. The van der Waals surface area contributed by atoms with E-state index in [4.69, 9.17) is 9.84 Å². The maximum atomic E-state index is 11.8. The molecule has 0 aliphatic carbocycles. The number of carbonyl (C=O) groups is 2. The number of hydrogen-bond acceptors (Lipinski definition) is 3. The molecule has 0 saturated carbocycles. The Kier molecular flexibility index (Phi) is 6.63. The number of carbonyl (C=O) groups excluding carboxylic acids is 1. The van der Waals surface area contributed by atoms with Crippen molar-refractivity contribution in [2.75, 3.05) is 0 Å². The fourth-order valence-electron chi connectivity index (χ4n) is 1.84. The van der Waals surface area contributed by atoms with Crippen LogP contribution in [0.5, 0.6) is 0 Å². The highest BCUT2D eigenvalue weighted by molar-refractivity contribution is 5.80. The average molecular weight is 305 g/mol. The van der Waals surface area contributed by atoms with E-state index >= 15 is 0 Å². The molecule has 120 valence electrons. The number of carboxylic acids is 1. The van der Waals surface area contributed by atoms with Crippen molar-refractivity contribution in [3.05, 3.63) is 48.0 Å². The number of aliphatic carboxylic acids is 1. The first-order valence-electron chi connectivity index (χ1n) is 7.21. The normalized spacial score (nSPS) is 12.9. The van der Waals surface area contributed by atoms with Gasteiger partial charge in [-0.15, -0.1) is 0 Å². The van der Waals surface area contributed by atoms with Crippen molar-refractivity contribution >= 4 is 12.1 Å². The number of alkyl carbamates (subject to hydrolysis) is 1. The number of hydrogen-bond donors (Lipinski definition) is 2. The van der Waals surface area contributed by atoms with Gasteiger partial charge in [-0.05, 0) is 39.2 Å². The molecule has 0 aliphatic heterocycles. The molecular weight excluding hydrogens is 282 g/mol. The Bertz CT molecular complexity index is 517. The topological polar surface area (TPSA) is 75.6 Å². The molecule has 5 nitrogen and oxygen atoms in total. The number of amides is 1. The highest BCUT2D eigenvalue weighted by Crippen LogP contribution is 2.09. The highest BCUT2D eigenvalue weighted by atomic mass is 16.6. The van der Waals surface area contributed by atoms with Crippen LogP contribution in [0.4, 0.5) is 4.79 Å². The van der Waals surface area contributed by atoms with Crippen molar-refractivity contribution in [1.29, 1.82) is 0 Å². The molecule has 1 atom stereocenters. The highest BCUT2D eigenvalue weighted by Gasteiger charge is 2.18. The summed E-state index contributed by atoms with van der Waals surface area (Å²) in [7, 11) is 0. The monoisotopic (exact) mass is 305 g/mol. The van der Waals surface area contributed by atoms with E-state index in [0.717, 1.165) is 18.1 Å². The van der Waals surface area contributed by atoms with Crippen LogP contribution in [-0.4, -0.2) is 28.8 Å². The average Bonchev–Trinajstić information content (AvgIpc) is 2.41. The van der Waals surface area contributed by atoms with E-state index in [1.54, 1.807) is 20.8 Å². The zero-order valence-corrected chi connectivity index (χ0v) is 13.2. The lowest BCUT2D eigenvalue weighted by Crippen LogP contribution is -2.38. The Morgan fingerprint density at radius 3 is 2.45 bits per heavy atom. The van der Waals surface area contributed by atoms with Gasteiger partial charge in [0.2, 0.25) is 0 Å². The molecular formula is C17H23NO4. The van der Waals surface area contributed by atoms with Crippen LogP contribution in [0.25, 0.3) is 0 Å². The molecule has 1 amide bonds. The molecule has 1 aromatic carbocycles. The first-order valence-corrected chi connectivity index (χ1v) is 7.21. The van der Waals surface area contributed by atoms with E-state index in [2.05, 4.69) is 5.32 Å². The third-order valence-electron chi connectivity index (χ3n) is 2.76. The largest absolute Gasteiger partial charge is 0.478 e.